The molecule has 0 heterocycles. The smallest absolute Gasteiger partial charge is 0.387 e. The van der Waals surface area contributed by atoms with E-state index < -0.39 is 6.61 Å². The van der Waals surface area contributed by atoms with E-state index in [1.165, 1.54) is 6.07 Å². The van der Waals surface area contributed by atoms with Crippen LogP contribution in [0.1, 0.15) is 0 Å². The van der Waals surface area contributed by atoms with Gasteiger partial charge < -0.3 is 4.74 Å². The summed E-state index contributed by atoms with van der Waals surface area (Å²) in [5.41, 5.74) is 0. The zero-order valence-corrected chi connectivity index (χ0v) is 9.47. The van der Waals surface area contributed by atoms with Crippen molar-refractivity contribution in [3.8, 4) is 5.75 Å². The summed E-state index contributed by atoms with van der Waals surface area (Å²) in [5, 5.41) is 0. The van der Waals surface area contributed by atoms with Crippen LogP contribution in [0.4, 0.5) is 8.78 Å². The quantitative estimate of drug-likeness (QED) is 0.741. The van der Waals surface area contributed by atoms with Gasteiger partial charge in [0, 0.05) is 4.47 Å². The summed E-state index contributed by atoms with van der Waals surface area (Å²) in [7, 11) is 0. The third-order valence-corrected chi connectivity index (χ3v) is 2.45. The van der Waals surface area contributed by atoms with Gasteiger partial charge in [0.1, 0.15) is 5.75 Å². The highest BCUT2D eigenvalue weighted by atomic mass is 127. The number of benzene rings is 1. The Morgan fingerprint density at radius 1 is 1.42 bits per heavy atom. The number of rotatable bonds is 2. The molecular formula is C7H4BrF2IO. The fourth-order valence-electron chi connectivity index (χ4n) is 0.667. The first-order valence-electron chi connectivity index (χ1n) is 2.99. The van der Waals surface area contributed by atoms with Crippen molar-refractivity contribution in [1.29, 1.82) is 0 Å². The number of hydrogen-bond donors (Lipinski definition) is 0. The van der Waals surface area contributed by atoms with Gasteiger partial charge >= 0.3 is 6.61 Å². The molecule has 0 aliphatic carbocycles. The standard InChI is InChI=1S/C7H4BrF2IO/c8-4-1-2-6(5(11)3-4)12-7(9)10/h1-3,7H. The van der Waals surface area contributed by atoms with Crippen LogP contribution in [0.3, 0.4) is 0 Å². The number of hydrogen-bond acceptors (Lipinski definition) is 1. The average molecular weight is 349 g/mol. The lowest BCUT2D eigenvalue weighted by Gasteiger charge is -2.05. The lowest BCUT2D eigenvalue weighted by atomic mass is 10.3. The summed E-state index contributed by atoms with van der Waals surface area (Å²) >= 11 is 5.15. The van der Waals surface area contributed by atoms with Gasteiger partial charge in [-0.25, -0.2) is 0 Å². The molecular weight excluding hydrogens is 345 g/mol. The molecule has 0 fully saturated rings. The van der Waals surface area contributed by atoms with Gasteiger partial charge in [-0.2, -0.15) is 8.78 Å². The Hall–Kier alpha value is 0.0900. The Balaban J connectivity index is 2.86. The van der Waals surface area contributed by atoms with Crippen LogP contribution in [-0.4, -0.2) is 6.61 Å². The summed E-state index contributed by atoms with van der Waals surface area (Å²) in [6.45, 7) is -2.76. The van der Waals surface area contributed by atoms with Crippen molar-refractivity contribution in [3.63, 3.8) is 0 Å². The maximum atomic E-state index is 11.8. The maximum Gasteiger partial charge on any atom is 0.387 e. The molecule has 0 aromatic heterocycles. The van der Waals surface area contributed by atoms with Gasteiger partial charge in [0.05, 0.1) is 3.57 Å². The minimum atomic E-state index is -2.76. The SMILES string of the molecule is FC(F)Oc1ccc(Br)cc1I. The Bertz CT molecular complexity index is 280. The molecule has 0 aliphatic heterocycles. The second-order valence-corrected chi connectivity index (χ2v) is 4.03. The highest BCUT2D eigenvalue weighted by Crippen LogP contribution is 2.25. The molecule has 0 radical (unpaired) electrons. The molecule has 0 bridgehead atoms. The van der Waals surface area contributed by atoms with Crippen molar-refractivity contribution >= 4 is 38.5 Å². The number of halogens is 4. The van der Waals surface area contributed by atoms with Gasteiger partial charge in [-0.15, -0.1) is 0 Å². The largest absolute Gasteiger partial charge is 0.434 e. The van der Waals surface area contributed by atoms with Gasteiger partial charge in [0.15, 0.2) is 0 Å². The fourth-order valence-corrected chi connectivity index (χ4v) is 2.10. The van der Waals surface area contributed by atoms with E-state index in [-0.39, 0.29) is 5.75 Å². The molecule has 0 aliphatic rings. The minimum absolute atomic E-state index is 0.203. The van der Waals surface area contributed by atoms with Crippen LogP contribution in [0.25, 0.3) is 0 Å². The van der Waals surface area contributed by atoms with Crippen LogP contribution < -0.4 is 4.74 Å². The van der Waals surface area contributed by atoms with Crippen LogP contribution in [0, 0.1) is 3.57 Å². The van der Waals surface area contributed by atoms with E-state index in [2.05, 4.69) is 20.7 Å². The van der Waals surface area contributed by atoms with Crippen LogP contribution in [0.15, 0.2) is 22.7 Å². The van der Waals surface area contributed by atoms with Crippen molar-refractivity contribution in [1.82, 2.24) is 0 Å². The normalized spacial score (nSPS) is 10.4. The fraction of sp³-hybridized carbons (Fsp3) is 0.143. The van der Waals surface area contributed by atoms with Crippen LogP contribution >= 0.6 is 38.5 Å². The molecule has 1 rings (SSSR count). The Morgan fingerprint density at radius 2 is 2.08 bits per heavy atom. The first-order valence-corrected chi connectivity index (χ1v) is 4.86. The molecule has 1 aromatic carbocycles. The van der Waals surface area contributed by atoms with Gasteiger partial charge in [-0.3, -0.25) is 0 Å². The van der Waals surface area contributed by atoms with Crippen molar-refractivity contribution in [3.05, 3.63) is 26.2 Å². The molecule has 5 heteroatoms. The molecule has 0 amide bonds. The molecule has 0 saturated carbocycles. The summed E-state index contributed by atoms with van der Waals surface area (Å²) in [5.74, 6) is 0.203. The molecule has 12 heavy (non-hydrogen) atoms. The summed E-state index contributed by atoms with van der Waals surface area (Å²) < 4.78 is 29.3. The lowest BCUT2D eigenvalue weighted by molar-refractivity contribution is -0.0504. The molecule has 0 saturated heterocycles. The van der Waals surface area contributed by atoms with E-state index in [0.717, 1.165) is 4.47 Å². The second-order valence-electron chi connectivity index (χ2n) is 1.95. The first kappa shape index (κ1) is 10.2. The van der Waals surface area contributed by atoms with E-state index in [1.807, 2.05) is 22.6 Å². The molecule has 1 nitrogen and oxygen atoms in total. The van der Waals surface area contributed by atoms with E-state index in [1.54, 1.807) is 12.1 Å². The summed E-state index contributed by atoms with van der Waals surface area (Å²) in [6.07, 6.45) is 0. The Morgan fingerprint density at radius 3 is 2.58 bits per heavy atom. The second kappa shape index (κ2) is 4.36. The lowest BCUT2D eigenvalue weighted by Crippen LogP contribution is -2.02. The highest BCUT2D eigenvalue weighted by molar-refractivity contribution is 14.1. The van der Waals surface area contributed by atoms with Crippen molar-refractivity contribution in [2.24, 2.45) is 0 Å². The zero-order valence-electron chi connectivity index (χ0n) is 5.73. The Labute approximate surface area is 90.4 Å². The van der Waals surface area contributed by atoms with Gasteiger partial charge in [-0.05, 0) is 40.8 Å². The zero-order chi connectivity index (χ0) is 9.14. The third kappa shape index (κ3) is 2.85. The van der Waals surface area contributed by atoms with E-state index in [9.17, 15) is 8.78 Å². The maximum absolute atomic E-state index is 11.8. The van der Waals surface area contributed by atoms with E-state index >= 15 is 0 Å². The van der Waals surface area contributed by atoms with E-state index in [0.29, 0.717) is 3.57 Å². The highest BCUT2D eigenvalue weighted by Gasteiger charge is 2.07. The molecule has 0 spiro atoms. The van der Waals surface area contributed by atoms with Crippen LogP contribution in [0.5, 0.6) is 5.75 Å². The molecule has 0 N–H and O–H groups in total. The molecule has 0 unspecified atom stereocenters. The topological polar surface area (TPSA) is 9.23 Å². The minimum Gasteiger partial charge on any atom is -0.434 e. The Kier molecular flexibility index (Phi) is 3.70. The van der Waals surface area contributed by atoms with Gasteiger partial charge in [0.2, 0.25) is 0 Å². The van der Waals surface area contributed by atoms with E-state index in [4.69, 9.17) is 0 Å². The molecule has 1 aromatic rings. The molecule has 66 valence electrons. The summed E-state index contributed by atoms with van der Waals surface area (Å²) in [6, 6.07) is 4.86. The number of alkyl halides is 2. The summed E-state index contributed by atoms with van der Waals surface area (Å²) in [4.78, 5) is 0. The van der Waals surface area contributed by atoms with Crippen molar-refractivity contribution in [2.75, 3.05) is 0 Å². The van der Waals surface area contributed by atoms with Gasteiger partial charge in [0.25, 0.3) is 0 Å². The van der Waals surface area contributed by atoms with Crippen molar-refractivity contribution < 1.29 is 13.5 Å². The average Bonchev–Trinajstić information content (AvgIpc) is 1.94. The monoisotopic (exact) mass is 348 g/mol. The number of ether oxygens (including phenoxy) is 1. The van der Waals surface area contributed by atoms with Gasteiger partial charge in [-0.1, -0.05) is 15.9 Å². The van der Waals surface area contributed by atoms with Crippen LogP contribution in [-0.2, 0) is 0 Å². The molecule has 0 atom stereocenters. The third-order valence-electron chi connectivity index (χ3n) is 1.11. The predicted octanol–water partition coefficient (Wildman–Crippen LogP) is 3.66. The van der Waals surface area contributed by atoms with Crippen LogP contribution in [0.2, 0.25) is 0 Å². The first-order chi connectivity index (χ1) is 5.59. The van der Waals surface area contributed by atoms with Crippen molar-refractivity contribution in [2.45, 2.75) is 6.61 Å². The predicted molar refractivity (Wildman–Crippen MR) is 53.5 cm³/mol.